The monoisotopic (exact) mass is 649 g/mol. The molecule has 5 aromatic rings. The number of para-hydroxylation sites is 1. The number of thiazole rings is 1. The Balaban J connectivity index is 1.37. The number of nitrogens with one attached hydrogen (secondary N) is 1. The summed E-state index contributed by atoms with van der Waals surface area (Å²) in [6.07, 6.45) is 1.77. The number of halogens is 1. The van der Waals surface area contributed by atoms with Gasteiger partial charge in [-0.3, -0.25) is 14.2 Å². The highest BCUT2D eigenvalue weighted by molar-refractivity contribution is 7.07. The van der Waals surface area contributed by atoms with Crippen LogP contribution >= 0.6 is 11.3 Å². The van der Waals surface area contributed by atoms with E-state index in [1.165, 1.54) is 23.5 Å². The summed E-state index contributed by atoms with van der Waals surface area (Å²) in [4.78, 5) is 33.1. The number of rotatable bonds is 10. The first-order valence-corrected chi connectivity index (χ1v) is 15.8. The maximum absolute atomic E-state index is 14.1. The number of aromatic nitrogens is 1. The minimum absolute atomic E-state index is 0.236. The number of carbonyl (C=O) groups is 1. The highest BCUT2D eigenvalue weighted by Crippen LogP contribution is 2.32. The minimum Gasteiger partial charge on any atom is -0.494 e. The Kier molecular flexibility index (Phi) is 9.30. The molecule has 4 aromatic carbocycles. The third-order valence-electron chi connectivity index (χ3n) is 7.60. The van der Waals surface area contributed by atoms with Gasteiger partial charge in [0, 0.05) is 5.69 Å². The van der Waals surface area contributed by atoms with Crippen molar-refractivity contribution in [1.29, 1.82) is 0 Å². The zero-order valence-corrected chi connectivity index (χ0v) is 26.8. The molecule has 1 atom stereocenters. The molecule has 1 N–H and O–H groups in total. The zero-order chi connectivity index (χ0) is 32.9. The quantitative estimate of drug-likeness (QED) is 0.201. The summed E-state index contributed by atoms with van der Waals surface area (Å²) >= 11 is 1.25. The minimum atomic E-state index is -0.718. The van der Waals surface area contributed by atoms with Crippen LogP contribution in [0.2, 0.25) is 0 Å². The van der Waals surface area contributed by atoms with E-state index in [4.69, 9.17) is 19.2 Å². The van der Waals surface area contributed by atoms with Crippen molar-refractivity contribution in [2.24, 2.45) is 4.99 Å². The predicted octanol–water partition coefficient (Wildman–Crippen LogP) is 6.00. The number of carbonyl (C=O) groups excluding carboxylic acids is 1. The van der Waals surface area contributed by atoms with Crippen LogP contribution < -0.4 is 34.4 Å². The fraction of sp³-hybridized carbons (Fsp3) is 0.162. The molecule has 8 nitrogen and oxygen atoms in total. The zero-order valence-electron chi connectivity index (χ0n) is 26.0. The van der Waals surface area contributed by atoms with Crippen molar-refractivity contribution in [3.8, 4) is 17.2 Å². The lowest BCUT2D eigenvalue weighted by Crippen LogP contribution is -2.40. The number of nitrogens with zero attached hydrogens (tertiary/aromatic N) is 2. The summed E-state index contributed by atoms with van der Waals surface area (Å²) in [5.74, 6) is 1.03. The van der Waals surface area contributed by atoms with Crippen molar-refractivity contribution in [3.05, 3.63) is 151 Å². The molecule has 0 unspecified atom stereocenters. The van der Waals surface area contributed by atoms with E-state index in [0.29, 0.717) is 50.1 Å². The Morgan fingerprint density at radius 1 is 0.979 bits per heavy atom. The molecule has 2 heterocycles. The van der Waals surface area contributed by atoms with Crippen molar-refractivity contribution in [1.82, 2.24) is 4.57 Å². The van der Waals surface area contributed by atoms with Gasteiger partial charge in [0.25, 0.3) is 11.5 Å². The summed E-state index contributed by atoms with van der Waals surface area (Å²) in [7, 11) is 1.54. The lowest BCUT2D eigenvalue weighted by Gasteiger charge is -2.25. The Labute approximate surface area is 274 Å². The van der Waals surface area contributed by atoms with Crippen LogP contribution in [0.3, 0.4) is 0 Å². The smallest absolute Gasteiger partial charge is 0.271 e. The largest absolute Gasteiger partial charge is 0.494 e. The number of amides is 1. The summed E-state index contributed by atoms with van der Waals surface area (Å²) in [6.45, 7) is 4.45. The van der Waals surface area contributed by atoms with Gasteiger partial charge in [0.05, 0.1) is 35.6 Å². The molecule has 238 valence electrons. The average Bonchev–Trinajstić information content (AvgIpc) is 3.38. The summed E-state index contributed by atoms with van der Waals surface area (Å²) in [6, 6.07) is 27.3. The third kappa shape index (κ3) is 6.87. The Morgan fingerprint density at radius 2 is 1.72 bits per heavy atom. The second-order valence-corrected chi connectivity index (χ2v) is 11.7. The summed E-state index contributed by atoms with van der Waals surface area (Å²) < 4.78 is 32.5. The summed E-state index contributed by atoms with van der Waals surface area (Å²) in [5, 5.41) is 2.97. The van der Waals surface area contributed by atoms with Gasteiger partial charge >= 0.3 is 0 Å². The van der Waals surface area contributed by atoms with Crippen molar-refractivity contribution in [2.45, 2.75) is 26.5 Å². The van der Waals surface area contributed by atoms with Crippen molar-refractivity contribution in [3.63, 3.8) is 0 Å². The number of allylic oxidation sites excluding steroid dienone is 1. The van der Waals surface area contributed by atoms with Crippen LogP contribution in [0.15, 0.2) is 118 Å². The SMILES string of the molecule is CCOc1ccc([C@@H]2C(C(=O)Nc3ccccc3)=C(C)N=c3s/c(=C\c4ccc(OCc5ccc(F)cc5)c(OC)c4)c(=O)n32)cc1. The molecule has 47 heavy (non-hydrogen) atoms. The first-order chi connectivity index (χ1) is 22.8. The van der Waals surface area contributed by atoms with Crippen LogP contribution in [-0.4, -0.2) is 24.2 Å². The van der Waals surface area contributed by atoms with Gasteiger partial charge in [0.15, 0.2) is 16.3 Å². The van der Waals surface area contributed by atoms with E-state index in [1.54, 1.807) is 48.9 Å². The van der Waals surface area contributed by atoms with Crippen LogP contribution in [0.25, 0.3) is 6.08 Å². The molecule has 0 saturated heterocycles. The van der Waals surface area contributed by atoms with Gasteiger partial charge in [0.1, 0.15) is 18.2 Å². The fourth-order valence-electron chi connectivity index (χ4n) is 5.35. The number of fused-ring (bicyclic) bond motifs is 1. The van der Waals surface area contributed by atoms with Crippen molar-refractivity contribution >= 4 is 29.0 Å². The van der Waals surface area contributed by atoms with E-state index in [9.17, 15) is 14.0 Å². The second-order valence-electron chi connectivity index (χ2n) is 10.7. The van der Waals surface area contributed by atoms with E-state index in [0.717, 1.165) is 16.7 Å². The first-order valence-electron chi connectivity index (χ1n) is 15.0. The van der Waals surface area contributed by atoms with E-state index in [1.807, 2.05) is 67.6 Å². The van der Waals surface area contributed by atoms with Gasteiger partial charge in [-0.2, -0.15) is 0 Å². The van der Waals surface area contributed by atoms with Crippen LogP contribution in [0, 0.1) is 5.82 Å². The molecule has 0 radical (unpaired) electrons. The predicted molar refractivity (Wildman–Crippen MR) is 180 cm³/mol. The number of methoxy groups -OCH3 is 1. The van der Waals surface area contributed by atoms with Gasteiger partial charge < -0.3 is 19.5 Å². The number of hydrogen-bond acceptors (Lipinski definition) is 7. The fourth-order valence-corrected chi connectivity index (χ4v) is 6.39. The molecular weight excluding hydrogens is 617 g/mol. The molecule has 1 amide bonds. The summed E-state index contributed by atoms with van der Waals surface area (Å²) in [5.41, 5.74) is 3.54. The lowest BCUT2D eigenvalue weighted by molar-refractivity contribution is -0.113. The molecule has 0 aliphatic carbocycles. The van der Waals surface area contributed by atoms with E-state index >= 15 is 0 Å². The van der Waals surface area contributed by atoms with Crippen molar-refractivity contribution in [2.75, 3.05) is 19.0 Å². The molecule has 0 spiro atoms. The van der Waals surface area contributed by atoms with Gasteiger partial charge in [-0.05, 0) is 85.1 Å². The number of anilines is 1. The van der Waals surface area contributed by atoms with Gasteiger partial charge in [-0.15, -0.1) is 0 Å². The topological polar surface area (TPSA) is 91.2 Å². The highest BCUT2D eigenvalue weighted by Gasteiger charge is 2.32. The van der Waals surface area contributed by atoms with Gasteiger partial charge in [-0.25, -0.2) is 9.38 Å². The molecule has 0 bridgehead atoms. The number of hydrogen-bond donors (Lipinski definition) is 1. The van der Waals surface area contributed by atoms with Crippen LogP contribution in [0.1, 0.15) is 36.6 Å². The Bertz CT molecular complexity index is 2120. The van der Waals surface area contributed by atoms with Crippen LogP contribution in [0.5, 0.6) is 17.2 Å². The number of benzene rings is 4. The molecule has 1 aliphatic heterocycles. The Hall–Kier alpha value is -5.48. The normalized spacial score (nSPS) is 14.3. The first kappa shape index (κ1) is 31.5. The standard InChI is InChI=1S/C37H32FN3O5S/c1-4-45-29-17-13-26(14-18-29)34-33(35(42)40-28-8-6-5-7-9-28)23(2)39-37-41(34)36(43)32(47-37)21-25-12-19-30(31(20-25)44-3)46-22-24-10-15-27(38)16-11-24/h5-21,34H,4,22H2,1-3H3,(H,40,42)/b32-21-/t34-/m1/s1. The molecule has 0 fully saturated rings. The molecule has 1 aromatic heterocycles. The van der Waals surface area contributed by atoms with Crippen LogP contribution in [0.4, 0.5) is 10.1 Å². The highest BCUT2D eigenvalue weighted by atomic mass is 32.1. The maximum Gasteiger partial charge on any atom is 0.271 e. The van der Waals surface area contributed by atoms with Gasteiger partial charge in [-0.1, -0.05) is 59.9 Å². The molecule has 1 aliphatic rings. The Morgan fingerprint density at radius 3 is 2.43 bits per heavy atom. The van der Waals surface area contributed by atoms with E-state index < -0.39 is 6.04 Å². The van der Waals surface area contributed by atoms with Gasteiger partial charge in [0.2, 0.25) is 0 Å². The average molecular weight is 650 g/mol. The molecular formula is C37H32FN3O5S. The van der Waals surface area contributed by atoms with E-state index in [-0.39, 0.29) is 23.9 Å². The van der Waals surface area contributed by atoms with Crippen LogP contribution in [-0.2, 0) is 11.4 Å². The molecule has 0 saturated carbocycles. The maximum atomic E-state index is 14.1. The third-order valence-corrected chi connectivity index (χ3v) is 8.58. The number of ether oxygens (including phenoxy) is 3. The molecule has 10 heteroatoms. The second kappa shape index (κ2) is 13.9. The lowest BCUT2D eigenvalue weighted by atomic mass is 9.95. The molecule has 6 rings (SSSR count). The van der Waals surface area contributed by atoms with Crippen molar-refractivity contribution < 1.29 is 23.4 Å². The van der Waals surface area contributed by atoms with E-state index in [2.05, 4.69) is 5.32 Å².